The van der Waals surface area contributed by atoms with Gasteiger partial charge in [-0.05, 0) is 77.0 Å². The number of nitrogens with one attached hydrogen (secondary N) is 1. The van der Waals surface area contributed by atoms with E-state index in [1.54, 1.807) is 0 Å². The Bertz CT molecular complexity index is 1300. The monoisotopic (exact) mass is 1170 g/mol. The standard InChI is InChI=1S/C77H149NO5/c1-3-5-7-9-11-13-15-17-19-38-43-47-51-55-59-63-67-71-77(82)83-72-68-64-60-56-52-48-44-40-37-35-33-31-29-27-25-23-21-22-24-26-28-30-32-34-36-39-42-46-50-54-58-62-66-70-76(81)78-74(73-79)75(80)69-65-61-57-53-49-45-41-20-18-16-14-12-10-8-6-4-2/h17,19,25,27,74-75,79-80H,3-16,18,20-24,26,28-73H2,1-2H3,(H,78,81)/b19-17-,27-25-. The molecule has 3 N–H and O–H groups in total. The maximum Gasteiger partial charge on any atom is 0.305 e. The van der Waals surface area contributed by atoms with Gasteiger partial charge in [-0.3, -0.25) is 9.59 Å². The molecule has 0 saturated heterocycles. The number of aliphatic hydroxyl groups is 2. The average Bonchev–Trinajstić information content (AvgIpc) is 3.49. The van der Waals surface area contributed by atoms with E-state index < -0.39 is 12.1 Å². The lowest BCUT2D eigenvalue weighted by molar-refractivity contribution is -0.143. The number of carbonyl (C=O) groups is 2. The van der Waals surface area contributed by atoms with E-state index in [9.17, 15) is 19.8 Å². The Kier molecular flexibility index (Phi) is 71.4. The van der Waals surface area contributed by atoms with Gasteiger partial charge in [0.15, 0.2) is 0 Å². The Morgan fingerprint density at radius 3 is 0.855 bits per heavy atom. The highest BCUT2D eigenvalue weighted by Gasteiger charge is 2.20. The highest BCUT2D eigenvalue weighted by Crippen LogP contribution is 2.19. The van der Waals surface area contributed by atoms with Gasteiger partial charge >= 0.3 is 5.97 Å². The molecule has 0 rings (SSSR count). The van der Waals surface area contributed by atoms with Gasteiger partial charge in [0.2, 0.25) is 5.91 Å². The smallest absolute Gasteiger partial charge is 0.305 e. The molecule has 6 heteroatoms. The minimum atomic E-state index is -0.662. The first-order chi connectivity index (χ1) is 41.0. The Labute approximate surface area is 520 Å². The van der Waals surface area contributed by atoms with E-state index in [1.165, 1.54) is 353 Å². The van der Waals surface area contributed by atoms with E-state index in [2.05, 4.69) is 43.5 Å². The molecule has 2 unspecified atom stereocenters. The van der Waals surface area contributed by atoms with Crippen LogP contribution in [-0.2, 0) is 14.3 Å². The fourth-order valence-corrected chi connectivity index (χ4v) is 12.2. The van der Waals surface area contributed by atoms with E-state index in [0.717, 1.165) is 44.9 Å². The second kappa shape index (κ2) is 72.8. The topological polar surface area (TPSA) is 95.9 Å². The average molecular weight is 1170 g/mol. The van der Waals surface area contributed by atoms with Crippen molar-refractivity contribution in [2.75, 3.05) is 13.2 Å². The Morgan fingerprint density at radius 2 is 0.566 bits per heavy atom. The molecule has 1 amide bonds. The summed E-state index contributed by atoms with van der Waals surface area (Å²) in [4.78, 5) is 24.6. The van der Waals surface area contributed by atoms with Crippen molar-refractivity contribution in [1.82, 2.24) is 5.32 Å². The molecule has 0 spiro atoms. The summed E-state index contributed by atoms with van der Waals surface area (Å²) in [5.74, 6) is -0.0119. The fourth-order valence-electron chi connectivity index (χ4n) is 12.2. The molecular weight excluding hydrogens is 1020 g/mol. The summed E-state index contributed by atoms with van der Waals surface area (Å²) >= 11 is 0. The first-order valence-electron chi connectivity index (χ1n) is 38.1. The molecule has 83 heavy (non-hydrogen) atoms. The number of rotatable bonds is 72. The lowest BCUT2D eigenvalue weighted by atomic mass is 10.0. The van der Waals surface area contributed by atoms with Gasteiger partial charge in [-0.1, -0.05) is 366 Å². The van der Waals surface area contributed by atoms with E-state index >= 15 is 0 Å². The van der Waals surface area contributed by atoms with Crippen LogP contribution < -0.4 is 5.32 Å². The molecule has 6 nitrogen and oxygen atoms in total. The van der Waals surface area contributed by atoms with Gasteiger partial charge in [0.25, 0.3) is 0 Å². The minimum Gasteiger partial charge on any atom is -0.466 e. The molecule has 0 heterocycles. The highest BCUT2D eigenvalue weighted by atomic mass is 16.5. The third-order valence-corrected chi connectivity index (χ3v) is 18.0. The summed E-state index contributed by atoms with van der Waals surface area (Å²) in [5.41, 5.74) is 0. The Morgan fingerprint density at radius 1 is 0.325 bits per heavy atom. The number of unbranched alkanes of at least 4 members (excludes halogenated alkanes) is 57. The van der Waals surface area contributed by atoms with Crippen LogP contribution in [0.25, 0.3) is 0 Å². The number of hydrogen-bond acceptors (Lipinski definition) is 5. The van der Waals surface area contributed by atoms with Crippen LogP contribution in [-0.4, -0.2) is 47.4 Å². The van der Waals surface area contributed by atoms with E-state index in [0.29, 0.717) is 25.9 Å². The molecule has 0 aromatic rings. The second-order valence-corrected chi connectivity index (χ2v) is 26.3. The summed E-state index contributed by atoms with van der Waals surface area (Å²) in [6, 6.07) is -0.539. The van der Waals surface area contributed by atoms with Gasteiger partial charge in [0, 0.05) is 12.8 Å². The van der Waals surface area contributed by atoms with Gasteiger partial charge < -0.3 is 20.3 Å². The number of hydrogen-bond donors (Lipinski definition) is 3. The second-order valence-electron chi connectivity index (χ2n) is 26.3. The van der Waals surface area contributed by atoms with Crippen LogP contribution in [0.3, 0.4) is 0 Å². The highest BCUT2D eigenvalue weighted by molar-refractivity contribution is 5.76. The number of ether oxygens (including phenoxy) is 1. The zero-order chi connectivity index (χ0) is 59.9. The van der Waals surface area contributed by atoms with E-state index in [4.69, 9.17) is 4.74 Å². The van der Waals surface area contributed by atoms with Crippen LogP contribution in [0.4, 0.5) is 0 Å². The zero-order valence-electron chi connectivity index (χ0n) is 56.5. The van der Waals surface area contributed by atoms with Crippen LogP contribution in [0.15, 0.2) is 24.3 Å². The Hall–Kier alpha value is -1.66. The third-order valence-electron chi connectivity index (χ3n) is 18.0. The van der Waals surface area contributed by atoms with E-state index in [1.807, 2.05) is 0 Å². The van der Waals surface area contributed by atoms with Crippen molar-refractivity contribution in [3.63, 3.8) is 0 Å². The number of allylic oxidation sites excluding steroid dienone is 4. The molecule has 2 atom stereocenters. The number of esters is 1. The maximum absolute atomic E-state index is 12.5. The Balaban J connectivity index is 3.33. The third kappa shape index (κ3) is 69.3. The van der Waals surface area contributed by atoms with Crippen molar-refractivity contribution in [1.29, 1.82) is 0 Å². The van der Waals surface area contributed by atoms with E-state index in [-0.39, 0.29) is 18.5 Å². The van der Waals surface area contributed by atoms with Crippen LogP contribution in [0.2, 0.25) is 0 Å². The predicted octanol–water partition coefficient (Wildman–Crippen LogP) is 24.9. The molecule has 0 fully saturated rings. The normalized spacial score (nSPS) is 12.6. The maximum atomic E-state index is 12.5. The fraction of sp³-hybridized carbons (Fsp3) is 0.922. The first-order valence-corrected chi connectivity index (χ1v) is 38.1. The summed E-state index contributed by atoms with van der Waals surface area (Å²) < 4.78 is 5.51. The number of carbonyl (C=O) groups excluding carboxylic acids is 2. The summed E-state index contributed by atoms with van der Waals surface area (Å²) in [5, 5.41) is 23.4. The number of aliphatic hydroxyl groups excluding tert-OH is 2. The molecule has 0 aromatic heterocycles. The van der Waals surface area contributed by atoms with Crippen molar-refractivity contribution in [3.05, 3.63) is 24.3 Å². The molecule has 0 aliphatic heterocycles. The van der Waals surface area contributed by atoms with Crippen LogP contribution in [0.1, 0.15) is 431 Å². The van der Waals surface area contributed by atoms with Crippen molar-refractivity contribution < 1.29 is 24.5 Å². The molecule has 0 bridgehead atoms. The van der Waals surface area contributed by atoms with Crippen LogP contribution in [0.5, 0.6) is 0 Å². The molecule has 0 aliphatic carbocycles. The quantitative estimate of drug-likeness (QED) is 0.0320. The van der Waals surface area contributed by atoms with Crippen LogP contribution in [0, 0.1) is 0 Å². The number of amides is 1. The predicted molar refractivity (Wildman–Crippen MR) is 366 cm³/mol. The summed E-state index contributed by atoms with van der Waals surface area (Å²) in [7, 11) is 0. The first kappa shape index (κ1) is 81.3. The zero-order valence-corrected chi connectivity index (χ0v) is 56.5. The van der Waals surface area contributed by atoms with Crippen molar-refractivity contribution in [2.45, 2.75) is 443 Å². The lowest BCUT2D eigenvalue weighted by Crippen LogP contribution is -2.45. The molecule has 492 valence electrons. The molecule has 0 aromatic carbocycles. The van der Waals surface area contributed by atoms with Crippen molar-refractivity contribution >= 4 is 11.9 Å². The van der Waals surface area contributed by atoms with Crippen LogP contribution >= 0.6 is 0 Å². The van der Waals surface area contributed by atoms with Gasteiger partial charge in [-0.25, -0.2) is 0 Å². The largest absolute Gasteiger partial charge is 0.466 e. The molecule has 0 saturated carbocycles. The summed E-state index contributed by atoms with van der Waals surface area (Å²) in [6.45, 7) is 4.99. The van der Waals surface area contributed by atoms with Gasteiger partial charge in [-0.2, -0.15) is 0 Å². The molecular formula is C77H149NO5. The molecule has 0 aliphatic rings. The van der Waals surface area contributed by atoms with Gasteiger partial charge in [0.1, 0.15) is 0 Å². The lowest BCUT2D eigenvalue weighted by Gasteiger charge is -2.22. The molecule has 0 radical (unpaired) electrons. The summed E-state index contributed by atoms with van der Waals surface area (Å²) in [6.07, 6.45) is 92.6. The SMILES string of the molecule is CCCCCCCC/C=C\CCCCCCCCCC(=O)OCCCCCCCCCCCCCC/C=C\CCCCCCCCCCCCCCCCCCCC(=O)NC(CO)C(O)CCCCCCCCCCCCCCCCCC. The van der Waals surface area contributed by atoms with Crippen molar-refractivity contribution in [3.8, 4) is 0 Å². The van der Waals surface area contributed by atoms with Crippen molar-refractivity contribution in [2.24, 2.45) is 0 Å². The van der Waals surface area contributed by atoms with Gasteiger partial charge in [-0.15, -0.1) is 0 Å². The van der Waals surface area contributed by atoms with Gasteiger partial charge in [0.05, 0.1) is 25.4 Å². The minimum absolute atomic E-state index is 0.0162.